The maximum Gasteiger partial charge on any atom is 0.387 e. The van der Waals surface area contributed by atoms with Gasteiger partial charge in [0.1, 0.15) is 5.75 Å². The van der Waals surface area contributed by atoms with Crippen LogP contribution < -0.4 is 10.1 Å². The van der Waals surface area contributed by atoms with Crippen molar-refractivity contribution >= 4 is 5.91 Å². The largest absolute Gasteiger partial charge is 0.435 e. The van der Waals surface area contributed by atoms with E-state index in [0.717, 1.165) is 19.6 Å². The first-order valence-corrected chi connectivity index (χ1v) is 6.62. The van der Waals surface area contributed by atoms with Crippen molar-refractivity contribution in [1.29, 1.82) is 0 Å². The van der Waals surface area contributed by atoms with Gasteiger partial charge in [-0.25, -0.2) is 0 Å². The molecule has 0 radical (unpaired) electrons. The molecule has 0 aliphatic heterocycles. The fourth-order valence-electron chi connectivity index (χ4n) is 1.76. The Bertz CT molecular complexity index is 406. The lowest BCUT2D eigenvalue weighted by atomic mass is 10.2. The predicted molar refractivity (Wildman–Crippen MR) is 73.2 cm³/mol. The fraction of sp³-hybridized carbons (Fsp3) is 0.500. The SMILES string of the molecule is CCN(CC)CCNC(=O)c1ccc(OC(F)F)cc1. The van der Waals surface area contributed by atoms with Gasteiger partial charge in [-0.05, 0) is 37.4 Å². The van der Waals surface area contributed by atoms with E-state index in [-0.39, 0.29) is 11.7 Å². The number of rotatable bonds is 8. The quantitative estimate of drug-likeness (QED) is 0.797. The molecule has 1 rings (SSSR count). The number of carbonyl (C=O) groups excluding carboxylic acids is 1. The molecule has 0 aliphatic carbocycles. The lowest BCUT2D eigenvalue weighted by Crippen LogP contribution is -2.34. The Hall–Kier alpha value is -1.69. The van der Waals surface area contributed by atoms with Gasteiger partial charge in [-0.3, -0.25) is 4.79 Å². The molecule has 0 heterocycles. The minimum absolute atomic E-state index is 0.0414. The highest BCUT2D eigenvalue weighted by Gasteiger charge is 2.08. The summed E-state index contributed by atoms with van der Waals surface area (Å²) in [4.78, 5) is 14.0. The Morgan fingerprint density at radius 3 is 2.35 bits per heavy atom. The number of likely N-dealkylation sites (N-methyl/N-ethyl adjacent to an activating group) is 1. The van der Waals surface area contributed by atoms with E-state index in [2.05, 4.69) is 28.8 Å². The molecule has 0 bridgehead atoms. The van der Waals surface area contributed by atoms with Gasteiger partial charge in [-0.2, -0.15) is 8.78 Å². The molecule has 1 amide bonds. The van der Waals surface area contributed by atoms with Crippen molar-refractivity contribution in [2.75, 3.05) is 26.2 Å². The number of carbonyl (C=O) groups is 1. The molecule has 1 N–H and O–H groups in total. The highest BCUT2D eigenvalue weighted by molar-refractivity contribution is 5.94. The standard InChI is InChI=1S/C14H20F2N2O2/c1-3-18(4-2)10-9-17-13(19)11-5-7-12(8-6-11)20-14(15)16/h5-8,14H,3-4,9-10H2,1-2H3,(H,17,19). The molecule has 20 heavy (non-hydrogen) atoms. The first-order valence-electron chi connectivity index (χ1n) is 6.62. The number of nitrogens with zero attached hydrogens (tertiary/aromatic N) is 1. The summed E-state index contributed by atoms with van der Waals surface area (Å²) >= 11 is 0. The van der Waals surface area contributed by atoms with Crippen molar-refractivity contribution in [3.63, 3.8) is 0 Å². The van der Waals surface area contributed by atoms with Gasteiger partial charge in [-0.1, -0.05) is 13.8 Å². The third-order valence-electron chi connectivity index (χ3n) is 2.95. The van der Waals surface area contributed by atoms with E-state index < -0.39 is 6.61 Å². The molecular weight excluding hydrogens is 266 g/mol. The van der Waals surface area contributed by atoms with Gasteiger partial charge in [0.15, 0.2) is 0 Å². The Morgan fingerprint density at radius 1 is 1.25 bits per heavy atom. The molecule has 112 valence electrons. The summed E-state index contributed by atoms with van der Waals surface area (Å²) in [5.41, 5.74) is 0.422. The van der Waals surface area contributed by atoms with E-state index in [0.29, 0.717) is 12.1 Å². The zero-order valence-electron chi connectivity index (χ0n) is 11.7. The molecule has 0 unspecified atom stereocenters. The molecule has 0 aliphatic rings. The van der Waals surface area contributed by atoms with E-state index in [1.54, 1.807) is 0 Å². The summed E-state index contributed by atoms with van der Waals surface area (Å²) in [6.07, 6.45) is 0. The predicted octanol–water partition coefficient (Wildman–Crippen LogP) is 2.36. The highest BCUT2D eigenvalue weighted by Crippen LogP contribution is 2.14. The van der Waals surface area contributed by atoms with Crippen molar-refractivity contribution in [2.45, 2.75) is 20.5 Å². The van der Waals surface area contributed by atoms with Crippen molar-refractivity contribution in [3.8, 4) is 5.75 Å². The van der Waals surface area contributed by atoms with Crippen LogP contribution in [-0.2, 0) is 0 Å². The second-order valence-electron chi connectivity index (χ2n) is 4.19. The van der Waals surface area contributed by atoms with Gasteiger partial charge in [0.05, 0.1) is 0 Å². The maximum absolute atomic E-state index is 12.0. The smallest absolute Gasteiger partial charge is 0.387 e. The number of hydrogen-bond acceptors (Lipinski definition) is 3. The topological polar surface area (TPSA) is 41.6 Å². The monoisotopic (exact) mass is 286 g/mol. The first kappa shape index (κ1) is 16.4. The molecule has 0 aromatic heterocycles. The second kappa shape index (κ2) is 8.47. The minimum atomic E-state index is -2.86. The van der Waals surface area contributed by atoms with Crippen LogP contribution in [0.15, 0.2) is 24.3 Å². The molecule has 4 nitrogen and oxygen atoms in total. The number of halogens is 2. The second-order valence-corrected chi connectivity index (χ2v) is 4.19. The van der Waals surface area contributed by atoms with E-state index in [4.69, 9.17) is 0 Å². The average Bonchev–Trinajstić information content (AvgIpc) is 2.43. The van der Waals surface area contributed by atoms with Crippen LogP contribution in [-0.4, -0.2) is 43.6 Å². The van der Waals surface area contributed by atoms with Crippen LogP contribution in [0.25, 0.3) is 0 Å². The third-order valence-corrected chi connectivity index (χ3v) is 2.95. The number of ether oxygens (including phenoxy) is 1. The van der Waals surface area contributed by atoms with Crippen LogP contribution in [0.4, 0.5) is 8.78 Å². The molecule has 0 spiro atoms. The van der Waals surface area contributed by atoms with Crippen LogP contribution in [0.3, 0.4) is 0 Å². The zero-order chi connectivity index (χ0) is 15.0. The van der Waals surface area contributed by atoms with Gasteiger partial charge in [0, 0.05) is 18.7 Å². The number of nitrogens with one attached hydrogen (secondary N) is 1. The molecule has 1 aromatic rings. The minimum Gasteiger partial charge on any atom is -0.435 e. The maximum atomic E-state index is 12.0. The van der Waals surface area contributed by atoms with Crippen LogP contribution >= 0.6 is 0 Å². The summed E-state index contributed by atoms with van der Waals surface area (Å²) in [5, 5.41) is 2.79. The Morgan fingerprint density at radius 2 is 1.85 bits per heavy atom. The van der Waals surface area contributed by atoms with E-state index in [1.165, 1.54) is 24.3 Å². The summed E-state index contributed by atoms with van der Waals surface area (Å²) in [5.74, 6) is -0.180. The molecular formula is C14H20F2N2O2. The summed E-state index contributed by atoms with van der Waals surface area (Å²) in [6.45, 7) is 4.47. The zero-order valence-corrected chi connectivity index (χ0v) is 11.7. The molecule has 6 heteroatoms. The van der Waals surface area contributed by atoms with Crippen molar-refractivity contribution in [1.82, 2.24) is 10.2 Å². The fourth-order valence-corrected chi connectivity index (χ4v) is 1.76. The van der Waals surface area contributed by atoms with Crippen LogP contribution in [0, 0.1) is 0 Å². The lowest BCUT2D eigenvalue weighted by Gasteiger charge is -2.17. The van der Waals surface area contributed by atoms with E-state index >= 15 is 0 Å². The van der Waals surface area contributed by atoms with Gasteiger partial charge >= 0.3 is 6.61 Å². The van der Waals surface area contributed by atoms with Crippen LogP contribution in [0.1, 0.15) is 24.2 Å². The van der Waals surface area contributed by atoms with E-state index in [9.17, 15) is 13.6 Å². The third kappa shape index (κ3) is 5.52. The van der Waals surface area contributed by atoms with Gasteiger partial charge in [0.2, 0.25) is 0 Å². The molecule has 1 aromatic carbocycles. The van der Waals surface area contributed by atoms with Gasteiger partial charge in [-0.15, -0.1) is 0 Å². The van der Waals surface area contributed by atoms with E-state index in [1.807, 2.05) is 0 Å². The molecule has 0 saturated heterocycles. The molecule has 0 fully saturated rings. The Balaban J connectivity index is 2.43. The Labute approximate surface area is 117 Å². The van der Waals surface area contributed by atoms with Crippen LogP contribution in [0.2, 0.25) is 0 Å². The number of benzene rings is 1. The van der Waals surface area contributed by atoms with Crippen molar-refractivity contribution in [2.24, 2.45) is 0 Å². The molecule has 0 saturated carbocycles. The normalized spacial score (nSPS) is 10.9. The number of amides is 1. The van der Waals surface area contributed by atoms with Crippen molar-refractivity contribution in [3.05, 3.63) is 29.8 Å². The summed E-state index contributed by atoms with van der Waals surface area (Å²) in [7, 11) is 0. The van der Waals surface area contributed by atoms with Crippen molar-refractivity contribution < 1.29 is 18.3 Å². The average molecular weight is 286 g/mol. The molecule has 0 atom stereocenters. The first-order chi connectivity index (χ1) is 9.56. The summed E-state index contributed by atoms with van der Waals surface area (Å²) < 4.78 is 28.2. The van der Waals surface area contributed by atoms with Gasteiger partial charge < -0.3 is 15.0 Å². The number of alkyl halides is 2. The van der Waals surface area contributed by atoms with Gasteiger partial charge in [0.25, 0.3) is 5.91 Å². The number of hydrogen-bond donors (Lipinski definition) is 1. The Kier molecular flexibility index (Phi) is 6.93. The lowest BCUT2D eigenvalue weighted by molar-refractivity contribution is -0.0498. The van der Waals surface area contributed by atoms with Crippen LogP contribution in [0.5, 0.6) is 5.75 Å². The highest BCUT2D eigenvalue weighted by atomic mass is 19.3. The summed E-state index contributed by atoms with van der Waals surface area (Å²) in [6, 6.07) is 5.63.